The number of carboxylic acids is 1. The summed E-state index contributed by atoms with van der Waals surface area (Å²) in [6.07, 6.45) is 0. The van der Waals surface area contributed by atoms with Crippen molar-refractivity contribution in [3.63, 3.8) is 0 Å². The number of aromatic carboxylic acids is 1. The van der Waals surface area contributed by atoms with Gasteiger partial charge < -0.3 is 9.90 Å². The third-order valence-electron chi connectivity index (χ3n) is 0.702. The first-order valence-electron chi connectivity index (χ1n) is 2.22. The van der Waals surface area contributed by atoms with Crippen LogP contribution < -0.4 is 56.5 Å². The molecule has 0 saturated heterocycles. The summed E-state index contributed by atoms with van der Waals surface area (Å²) in [6, 6.07) is 0. The van der Waals surface area contributed by atoms with Crippen LogP contribution in [0.2, 0.25) is 0 Å². The topological polar surface area (TPSA) is 65.9 Å². The summed E-state index contributed by atoms with van der Waals surface area (Å²) in [5, 5.41) is 9.95. The Balaban J connectivity index is 0.000000810. The number of rotatable bonds is 1. The van der Waals surface area contributed by atoms with Crippen LogP contribution in [0.3, 0.4) is 0 Å². The zero-order valence-electron chi connectivity index (χ0n) is 5.62. The Bertz CT molecular complexity index is 237. The Morgan fingerprint density at radius 2 is 2.30 bits per heavy atom. The van der Waals surface area contributed by atoms with Crippen LogP contribution in [0.1, 0.15) is 15.6 Å². The minimum atomic E-state index is -1.26. The van der Waals surface area contributed by atoms with Crippen LogP contribution in [0, 0.1) is 6.92 Å². The molecule has 1 heterocycles. The smallest absolute Gasteiger partial charge is 0.542 e. The SMILES string of the molecule is Cc1nsc(C(=O)[O-])n1.[K+]. The van der Waals surface area contributed by atoms with E-state index < -0.39 is 5.97 Å². The Kier molecular flexibility index (Phi) is 4.83. The third kappa shape index (κ3) is 2.73. The van der Waals surface area contributed by atoms with Gasteiger partial charge in [0.15, 0.2) is 5.01 Å². The number of hydrogen-bond acceptors (Lipinski definition) is 5. The zero-order chi connectivity index (χ0) is 6.85. The fourth-order valence-corrected chi connectivity index (χ4v) is 0.887. The maximum absolute atomic E-state index is 10.0. The van der Waals surface area contributed by atoms with Gasteiger partial charge in [-0.2, -0.15) is 4.37 Å². The van der Waals surface area contributed by atoms with Gasteiger partial charge in [-0.15, -0.1) is 0 Å². The van der Waals surface area contributed by atoms with Crippen molar-refractivity contribution in [3.05, 3.63) is 10.8 Å². The first-order valence-corrected chi connectivity index (χ1v) is 2.99. The molecule has 1 aromatic heterocycles. The van der Waals surface area contributed by atoms with Crippen molar-refractivity contribution in [3.8, 4) is 0 Å². The predicted octanol–water partition coefficient (Wildman–Crippen LogP) is -3.79. The average molecular weight is 182 g/mol. The standard InChI is InChI=1S/C4H4N2O2S.K/c1-2-5-3(4(7)8)9-6-2;/h1H3,(H,7,8);/q;+1/p-1. The Morgan fingerprint density at radius 3 is 2.50 bits per heavy atom. The van der Waals surface area contributed by atoms with Crippen LogP contribution in [0.25, 0.3) is 0 Å². The van der Waals surface area contributed by atoms with E-state index in [2.05, 4.69) is 9.36 Å². The van der Waals surface area contributed by atoms with Gasteiger partial charge in [-0.05, 0) is 18.5 Å². The van der Waals surface area contributed by atoms with Crippen LogP contribution in [0.15, 0.2) is 0 Å². The minimum absolute atomic E-state index is 0. The molecule has 0 radical (unpaired) electrons. The zero-order valence-corrected chi connectivity index (χ0v) is 9.56. The quantitative estimate of drug-likeness (QED) is 0.418. The van der Waals surface area contributed by atoms with Gasteiger partial charge in [-0.1, -0.05) is 0 Å². The van der Waals surface area contributed by atoms with Crippen molar-refractivity contribution in [2.45, 2.75) is 6.92 Å². The molecule has 0 bridgehead atoms. The molecule has 0 atom stereocenters. The van der Waals surface area contributed by atoms with E-state index in [4.69, 9.17) is 0 Å². The van der Waals surface area contributed by atoms with E-state index in [-0.39, 0.29) is 56.4 Å². The second kappa shape index (κ2) is 4.53. The van der Waals surface area contributed by atoms with Gasteiger partial charge in [-0.25, -0.2) is 4.98 Å². The summed E-state index contributed by atoms with van der Waals surface area (Å²) in [7, 11) is 0. The molecule has 0 spiro atoms. The molecule has 6 heteroatoms. The van der Waals surface area contributed by atoms with E-state index >= 15 is 0 Å². The predicted molar refractivity (Wildman–Crippen MR) is 29.0 cm³/mol. The second-order valence-electron chi connectivity index (χ2n) is 1.43. The number of hydrogen-bond donors (Lipinski definition) is 0. The number of carboxylic acid groups (broad SMARTS) is 1. The Labute approximate surface area is 104 Å². The van der Waals surface area contributed by atoms with Crippen molar-refractivity contribution in [2.75, 3.05) is 0 Å². The molecule has 0 aliphatic heterocycles. The van der Waals surface area contributed by atoms with E-state index in [0.717, 1.165) is 11.5 Å². The van der Waals surface area contributed by atoms with E-state index in [1.807, 2.05) is 0 Å². The van der Waals surface area contributed by atoms with Gasteiger partial charge in [0.2, 0.25) is 0 Å². The van der Waals surface area contributed by atoms with E-state index in [1.54, 1.807) is 6.92 Å². The fourth-order valence-electron chi connectivity index (χ4n) is 0.380. The summed E-state index contributed by atoms with van der Waals surface area (Å²) in [5.41, 5.74) is 0. The maximum atomic E-state index is 10.0. The molecule has 10 heavy (non-hydrogen) atoms. The van der Waals surface area contributed by atoms with Gasteiger partial charge in [-0.3, -0.25) is 0 Å². The summed E-state index contributed by atoms with van der Waals surface area (Å²) >= 11 is 0.834. The second-order valence-corrected chi connectivity index (χ2v) is 2.19. The van der Waals surface area contributed by atoms with E-state index in [9.17, 15) is 9.90 Å². The Morgan fingerprint density at radius 1 is 1.70 bits per heavy atom. The van der Waals surface area contributed by atoms with Gasteiger partial charge in [0.25, 0.3) is 0 Å². The number of aryl methyl sites for hydroxylation is 1. The number of aromatic nitrogens is 2. The van der Waals surface area contributed by atoms with Crippen molar-refractivity contribution < 1.29 is 61.3 Å². The summed E-state index contributed by atoms with van der Waals surface area (Å²) < 4.78 is 3.65. The molecule has 0 aromatic carbocycles. The minimum Gasteiger partial charge on any atom is -0.542 e. The first-order chi connectivity index (χ1) is 4.20. The van der Waals surface area contributed by atoms with Crippen molar-refractivity contribution >= 4 is 17.5 Å². The van der Waals surface area contributed by atoms with Crippen LogP contribution in [0.5, 0.6) is 0 Å². The van der Waals surface area contributed by atoms with Crippen LogP contribution >= 0.6 is 11.5 Å². The number of carbonyl (C=O) groups excluding carboxylic acids is 1. The normalized spacial score (nSPS) is 8.50. The van der Waals surface area contributed by atoms with Gasteiger partial charge in [0.05, 0.1) is 0 Å². The molecule has 4 nitrogen and oxygen atoms in total. The van der Waals surface area contributed by atoms with Crippen LogP contribution in [0.4, 0.5) is 0 Å². The summed E-state index contributed by atoms with van der Waals surface area (Å²) in [5.74, 6) is -0.792. The Hall–Kier alpha value is 0.666. The fraction of sp³-hybridized carbons (Fsp3) is 0.250. The van der Waals surface area contributed by atoms with E-state index in [0.29, 0.717) is 5.82 Å². The van der Waals surface area contributed by atoms with Crippen LogP contribution in [-0.4, -0.2) is 15.3 Å². The molecule has 0 fully saturated rings. The summed E-state index contributed by atoms with van der Waals surface area (Å²) in [6.45, 7) is 1.63. The van der Waals surface area contributed by atoms with Crippen LogP contribution in [-0.2, 0) is 0 Å². The van der Waals surface area contributed by atoms with Gasteiger partial charge >= 0.3 is 51.4 Å². The average Bonchev–Trinajstić information content (AvgIpc) is 2.14. The number of carbonyl (C=O) groups is 1. The molecule has 1 rings (SSSR count). The monoisotopic (exact) mass is 182 g/mol. The molecule has 0 aliphatic carbocycles. The van der Waals surface area contributed by atoms with Crippen molar-refractivity contribution in [2.24, 2.45) is 0 Å². The molecule has 0 saturated carbocycles. The van der Waals surface area contributed by atoms with E-state index in [1.165, 1.54) is 0 Å². The first kappa shape index (κ1) is 10.7. The molecule has 0 aliphatic rings. The van der Waals surface area contributed by atoms with Gasteiger partial charge in [0, 0.05) is 0 Å². The largest absolute Gasteiger partial charge is 1.00 e. The molecular formula is C4H3KN2O2S. The maximum Gasteiger partial charge on any atom is 1.00 e. The molecule has 0 unspecified atom stereocenters. The van der Waals surface area contributed by atoms with Crippen molar-refractivity contribution in [1.29, 1.82) is 0 Å². The molecule has 1 aromatic rings. The molecule has 48 valence electrons. The third-order valence-corrected chi connectivity index (χ3v) is 1.49. The molecule has 0 N–H and O–H groups in total. The molecule has 0 amide bonds. The molecular weight excluding hydrogens is 179 g/mol. The van der Waals surface area contributed by atoms with Crippen molar-refractivity contribution in [1.82, 2.24) is 9.36 Å². The summed E-state index contributed by atoms with van der Waals surface area (Å²) in [4.78, 5) is 13.6. The van der Waals surface area contributed by atoms with Gasteiger partial charge in [0.1, 0.15) is 11.8 Å². The number of nitrogens with zero attached hydrogens (tertiary/aromatic N) is 2.